The molecular formula is C17H17NO3. The molecule has 2 aromatic carbocycles. The molecule has 21 heavy (non-hydrogen) atoms. The van der Waals surface area contributed by atoms with E-state index in [1.165, 1.54) is 4.90 Å². The van der Waals surface area contributed by atoms with Crippen molar-refractivity contribution >= 4 is 11.9 Å². The Balaban J connectivity index is 1.83. The molecule has 0 unspecified atom stereocenters. The molecule has 0 aromatic heterocycles. The van der Waals surface area contributed by atoms with Crippen LogP contribution in [-0.4, -0.2) is 30.4 Å². The third-order valence-electron chi connectivity index (χ3n) is 3.02. The van der Waals surface area contributed by atoms with Crippen molar-refractivity contribution in [2.24, 2.45) is 0 Å². The van der Waals surface area contributed by atoms with Crippen LogP contribution in [0.4, 0.5) is 0 Å². The number of likely N-dealkylation sites (N-methyl/N-ethyl adjacent to an activating group) is 1. The molecule has 0 aliphatic carbocycles. The van der Waals surface area contributed by atoms with Gasteiger partial charge >= 0.3 is 5.97 Å². The maximum Gasteiger partial charge on any atom is 0.338 e. The fourth-order valence-electron chi connectivity index (χ4n) is 1.84. The second-order valence-electron chi connectivity index (χ2n) is 4.68. The van der Waals surface area contributed by atoms with E-state index in [0.717, 1.165) is 5.56 Å². The summed E-state index contributed by atoms with van der Waals surface area (Å²) in [5.74, 6) is -0.722. The first-order valence-electron chi connectivity index (χ1n) is 6.67. The van der Waals surface area contributed by atoms with E-state index in [-0.39, 0.29) is 12.5 Å². The van der Waals surface area contributed by atoms with E-state index >= 15 is 0 Å². The highest BCUT2D eigenvalue weighted by Crippen LogP contribution is 2.04. The van der Waals surface area contributed by atoms with Gasteiger partial charge in [-0.1, -0.05) is 48.5 Å². The van der Waals surface area contributed by atoms with Gasteiger partial charge in [-0.15, -0.1) is 0 Å². The van der Waals surface area contributed by atoms with E-state index in [2.05, 4.69) is 0 Å². The zero-order valence-corrected chi connectivity index (χ0v) is 11.9. The van der Waals surface area contributed by atoms with Gasteiger partial charge in [0.25, 0.3) is 5.91 Å². The lowest BCUT2D eigenvalue weighted by Crippen LogP contribution is -2.30. The molecule has 0 aliphatic heterocycles. The average Bonchev–Trinajstić information content (AvgIpc) is 2.54. The Kier molecular flexibility index (Phi) is 5.10. The van der Waals surface area contributed by atoms with E-state index < -0.39 is 5.97 Å². The van der Waals surface area contributed by atoms with Crippen LogP contribution in [0.3, 0.4) is 0 Å². The number of nitrogens with zero attached hydrogens (tertiary/aromatic N) is 1. The molecule has 4 heteroatoms. The minimum absolute atomic E-state index is 0.233. The first kappa shape index (κ1) is 14.8. The molecule has 0 radical (unpaired) electrons. The summed E-state index contributed by atoms with van der Waals surface area (Å²) in [7, 11) is 1.69. The number of benzene rings is 2. The standard InChI is InChI=1S/C17H17NO3/c1-18(12-14-8-4-2-5-9-14)16(19)13-21-17(20)15-10-6-3-7-11-15/h2-11H,12-13H2,1H3. The van der Waals surface area contributed by atoms with Crippen LogP contribution in [-0.2, 0) is 16.1 Å². The van der Waals surface area contributed by atoms with Crippen molar-refractivity contribution < 1.29 is 14.3 Å². The van der Waals surface area contributed by atoms with Gasteiger partial charge in [0.05, 0.1) is 5.56 Å². The summed E-state index contributed by atoms with van der Waals surface area (Å²) >= 11 is 0. The number of carbonyl (C=O) groups excluding carboxylic acids is 2. The predicted octanol–water partition coefficient (Wildman–Crippen LogP) is 2.50. The summed E-state index contributed by atoms with van der Waals surface area (Å²) in [5, 5.41) is 0. The fraction of sp³-hybridized carbons (Fsp3) is 0.176. The zero-order chi connectivity index (χ0) is 15.1. The van der Waals surface area contributed by atoms with Gasteiger partial charge in [0, 0.05) is 13.6 Å². The molecule has 0 heterocycles. The molecule has 1 amide bonds. The molecule has 2 rings (SSSR count). The normalized spacial score (nSPS) is 9.95. The molecule has 0 fully saturated rings. The SMILES string of the molecule is CN(Cc1ccccc1)C(=O)COC(=O)c1ccccc1. The molecule has 0 aliphatic rings. The predicted molar refractivity (Wildman–Crippen MR) is 79.6 cm³/mol. The lowest BCUT2D eigenvalue weighted by Gasteiger charge is -2.17. The van der Waals surface area contributed by atoms with Gasteiger partial charge < -0.3 is 9.64 Å². The summed E-state index contributed by atoms with van der Waals surface area (Å²) in [5.41, 5.74) is 1.47. The van der Waals surface area contributed by atoms with Gasteiger partial charge in [0.15, 0.2) is 6.61 Å². The highest BCUT2D eigenvalue weighted by atomic mass is 16.5. The van der Waals surface area contributed by atoms with Gasteiger partial charge in [0.2, 0.25) is 0 Å². The highest BCUT2D eigenvalue weighted by Gasteiger charge is 2.13. The topological polar surface area (TPSA) is 46.6 Å². The van der Waals surface area contributed by atoms with Gasteiger partial charge in [0.1, 0.15) is 0 Å². The van der Waals surface area contributed by atoms with Gasteiger partial charge in [-0.3, -0.25) is 4.79 Å². The Labute approximate surface area is 124 Å². The second kappa shape index (κ2) is 7.24. The van der Waals surface area contributed by atoms with Crippen molar-refractivity contribution in [3.05, 3.63) is 71.8 Å². The summed E-state index contributed by atoms with van der Waals surface area (Å²) in [4.78, 5) is 25.2. The summed E-state index contributed by atoms with van der Waals surface area (Å²) in [6.45, 7) is 0.236. The van der Waals surface area contributed by atoms with Gasteiger partial charge in [-0.2, -0.15) is 0 Å². The van der Waals surface area contributed by atoms with E-state index in [1.54, 1.807) is 31.3 Å². The molecule has 0 bridgehead atoms. The Morgan fingerprint density at radius 1 is 0.952 bits per heavy atom. The first-order chi connectivity index (χ1) is 10.2. The number of hydrogen-bond acceptors (Lipinski definition) is 3. The van der Waals surface area contributed by atoms with Crippen molar-refractivity contribution in [3.8, 4) is 0 Å². The van der Waals surface area contributed by atoms with Crippen LogP contribution in [0, 0.1) is 0 Å². The minimum Gasteiger partial charge on any atom is -0.452 e. The minimum atomic E-state index is -0.489. The number of rotatable bonds is 5. The van der Waals surface area contributed by atoms with Crippen molar-refractivity contribution in [1.82, 2.24) is 4.90 Å². The molecular weight excluding hydrogens is 266 g/mol. The number of amides is 1. The molecule has 0 saturated carbocycles. The van der Waals surface area contributed by atoms with Crippen LogP contribution in [0.25, 0.3) is 0 Å². The molecule has 0 N–H and O–H groups in total. The van der Waals surface area contributed by atoms with E-state index in [9.17, 15) is 9.59 Å². The monoisotopic (exact) mass is 283 g/mol. The molecule has 2 aromatic rings. The second-order valence-corrected chi connectivity index (χ2v) is 4.68. The maximum absolute atomic E-state index is 11.9. The van der Waals surface area contributed by atoms with Crippen LogP contribution >= 0.6 is 0 Å². The fourth-order valence-corrected chi connectivity index (χ4v) is 1.84. The molecule has 0 atom stereocenters. The maximum atomic E-state index is 11.9. The van der Waals surface area contributed by atoms with E-state index in [0.29, 0.717) is 12.1 Å². The molecule has 0 saturated heterocycles. The molecule has 108 valence electrons. The van der Waals surface area contributed by atoms with Crippen LogP contribution in [0.2, 0.25) is 0 Å². The van der Waals surface area contributed by atoms with Crippen LogP contribution < -0.4 is 0 Å². The lowest BCUT2D eigenvalue weighted by atomic mass is 10.2. The number of esters is 1. The Hall–Kier alpha value is -2.62. The smallest absolute Gasteiger partial charge is 0.338 e. The van der Waals surface area contributed by atoms with Crippen molar-refractivity contribution in [2.45, 2.75) is 6.54 Å². The van der Waals surface area contributed by atoms with E-state index in [4.69, 9.17) is 4.74 Å². The van der Waals surface area contributed by atoms with Crippen molar-refractivity contribution in [1.29, 1.82) is 0 Å². The van der Waals surface area contributed by atoms with Crippen LogP contribution in [0.15, 0.2) is 60.7 Å². The van der Waals surface area contributed by atoms with Crippen LogP contribution in [0.1, 0.15) is 15.9 Å². The number of carbonyl (C=O) groups is 2. The van der Waals surface area contributed by atoms with Gasteiger partial charge in [-0.25, -0.2) is 4.79 Å². The largest absolute Gasteiger partial charge is 0.452 e. The third-order valence-corrected chi connectivity index (χ3v) is 3.02. The summed E-state index contributed by atoms with van der Waals surface area (Å²) < 4.78 is 5.02. The zero-order valence-electron chi connectivity index (χ0n) is 11.9. The Morgan fingerprint density at radius 2 is 1.52 bits per heavy atom. The molecule has 0 spiro atoms. The Bertz CT molecular complexity index is 596. The average molecular weight is 283 g/mol. The van der Waals surface area contributed by atoms with Crippen molar-refractivity contribution in [2.75, 3.05) is 13.7 Å². The number of hydrogen-bond donors (Lipinski definition) is 0. The quantitative estimate of drug-likeness (QED) is 0.792. The van der Waals surface area contributed by atoms with E-state index in [1.807, 2.05) is 36.4 Å². The molecule has 4 nitrogen and oxygen atoms in total. The van der Waals surface area contributed by atoms with Gasteiger partial charge in [-0.05, 0) is 17.7 Å². The van der Waals surface area contributed by atoms with Crippen LogP contribution in [0.5, 0.6) is 0 Å². The third kappa shape index (κ3) is 4.45. The first-order valence-corrected chi connectivity index (χ1v) is 6.67. The lowest BCUT2D eigenvalue weighted by molar-refractivity contribution is -0.133. The highest BCUT2D eigenvalue weighted by molar-refractivity contribution is 5.91. The summed E-state index contributed by atoms with van der Waals surface area (Å²) in [6.07, 6.45) is 0. The van der Waals surface area contributed by atoms with Crippen molar-refractivity contribution in [3.63, 3.8) is 0 Å². The Morgan fingerprint density at radius 3 is 2.14 bits per heavy atom. The number of ether oxygens (including phenoxy) is 1. The summed E-state index contributed by atoms with van der Waals surface area (Å²) in [6, 6.07) is 18.3.